The Labute approximate surface area is 131 Å². The molecule has 1 aromatic carbocycles. The van der Waals surface area contributed by atoms with Gasteiger partial charge in [0.1, 0.15) is 4.90 Å². The number of anilines is 1. The number of rotatable bonds is 5. The van der Waals surface area contributed by atoms with Crippen molar-refractivity contribution in [3.8, 4) is 0 Å². The van der Waals surface area contributed by atoms with Crippen molar-refractivity contribution in [1.29, 1.82) is 0 Å². The molecule has 0 amide bonds. The number of halogens is 3. The van der Waals surface area contributed by atoms with Crippen LogP contribution in [-0.2, 0) is 10.0 Å². The number of hydrogen-bond donors (Lipinski definition) is 1. The van der Waals surface area contributed by atoms with Crippen LogP contribution in [0.4, 0.5) is 10.1 Å². The molecule has 0 bridgehead atoms. The molecule has 2 rings (SSSR count). The Balaban J connectivity index is 2.53. The molecule has 112 valence electrons. The maximum absolute atomic E-state index is 14.2. The van der Waals surface area contributed by atoms with E-state index in [1.807, 2.05) is 6.92 Å². The van der Waals surface area contributed by atoms with Gasteiger partial charge in [-0.25, -0.2) is 12.8 Å². The molecule has 0 radical (unpaired) electrons. The Hall–Kier alpha value is -0.370. The molecular weight excluding hydrogens is 371 g/mol. The Morgan fingerprint density at radius 2 is 2.15 bits per heavy atom. The van der Waals surface area contributed by atoms with Crippen LogP contribution in [0.25, 0.3) is 0 Å². The quantitative estimate of drug-likeness (QED) is 0.624. The lowest BCUT2D eigenvalue weighted by Gasteiger charge is -2.22. The normalized spacial score (nSPS) is 15.8. The van der Waals surface area contributed by atoms with Crippen LogP contribution in [-0.4, -0.2) is 25.3 Å². The predicted molar refractivity (Wildman–Crippen MR) is 80.7 cm³/mol. The van der Waals surface area contributed by atoms with Gasteiger partial charge >= 0.3 is 0 Å². The zero-order valence-electron chi connectivity index (χ0n) is 10.9. The number of nitrogens with zero attached hydrogens (tertiary/aromatic N) is 1. The van der Waals surface area contributed by atoms with E-state index in [0.29, 0.717) is 13.0 Å². The van der Waals surface area contributed by atoms with Gasteiger partial charge in [0.2, 0.25) is 10.0 Å². The van der Waals surface area contributed by atoms with E-state index in [-0.39, 0.29) is 21.2 Å². The SMILES string of the molecule is CCCN(C1CC1)S(=O)(=O)c1cc(Cl)c(Br)c(N)c1F. The van der Waals surface area contributed by atoms with Crippen molar-refractivity contribution < 1.29 is 12.8 Å². The first kappa shape index (κ1) is 16.0. The number of benzene rings is 1. The molecule has 0 aliphatic heterocycles. The molecule has 2 N–H and O–H groups in total. The fraction of sp³-hybridized carbons (Fsp3) is 0.500. The van der Waals surface area contributed by atoms with Gasteiger partial charge in [-0.1, -0.05) is 18.5 Å². The molecule has 0 atom stereocenters. The average molecular weight is 386 g/mol. The molecule has 1 aliphatic carbocycles. The lowest BCUT2D eigenvalue weighted by molar-refractivity contribution is 0.400. The number of nitrogens with two attached hydrogens (primary N) is 1. The highest BCUT2D eigenvalue weighted by atomic mass is 79.9. The summed E-state index contributed by atoms with van der Waals surface area (Å²) in [6.07, 6.45) is 2.28. The van der Waals surface area contributed by atoms with E-state index < -0.39 is 20.7 Å². The Morgan fingerprint density at radius 3 is 2.65 bits per heavy atom. The third-order valence-electron chi connectivity index (χ3n) is 3.14. The average Bonchev–Trinajstić information content (AvgIpc) is 3.21. The minimum absolute atomic E-state index is 0.0389. The number of sulfonamides is 1. The second-order valence-corrected chi connectivity index (χ2v) is 7.80. The lowest BCUT2D eigenvalue weighted by atomic mass is 10.3. The lowest BCUT2D eigenvalue weighted by Crippen LogP contribution is -2.34. The van der Waals surface area contributed by atoms with Crippen molar-refractivity contribution in [3.05, 3.63) is 21.4 Å². The largest absolute Gasteiger partial charge is 0.395 e. The van der Waals surface area contributed by atoms with Crippen molar-refractivity contribution in [2.45, 2.75) is 37.1 Å². The zero-order chi connectivity index (χ0) is 15.1. The van der Waals surface area contributed by atoms with Crippen molar-refractivity contribution >= 4 is 43.2 Å². The highest BCUT2D eigenvalue weighted by Gasteiger charge is 2.39. The van der Waals surface area contributed by atoms with Crippen LogP contribution in [0.2, 0.25) is 5.02 Å². The van der Waals surface area contributed by atoms with Gasteiger partial charge < -0.3 is 5.73 Å². The maximum atomic E-state index is 14.2. The summed E-state index contributed by atoms with van der Waals surface area (Å²) < 4.78 is 40.9. The summed E-state index contributed by atoms with van der Waals surface area (Å²) in [5, 5.41) is 0.0784. The second-order valence-electron chi connectivity index (χ2n) is 4.75. The van der Waals surface area contributed by atoms with Gasteiger partial charge in [0.25, 0.3) is 0 Å². The Kier molecular flexibility index (Phi) is 4.63. The first-order valence-corrected chi connectivity index (χ1v) is 8.86. The molecule has 0 saturated heterocycles. The maximum Gasteiger partial charge on any atom is 0.246 e. The standard InChI is InChI=1S/C12H15BrClFN2O2S/c1-2-5-17(7-3-4-7)20(18,19)9-6-8(14)10(13)12(16)11(9)15/h6-7H,2-5,16H2,1H3. The zero-order valence-corrected chi connectivity index (χ0v) is 14.0. The molecule has 0 unspecified atom stereocenters. The van der Waals surface area contributed by atoms with E-state index in [1.165, 1.54) is 4.31 Å². The minimum Gasteiger partial charge on any atom is -0.395 e. The van der Waals surface area contributed by atoms with E-state index >= 15 is 0 Å². The molecule has 8 heteroatoms. The summed E-state index contributed by atoms with van der Waals surface area (Å²) in [5.41, 5.74) is 5.27. The molecular formula is C12H15BrClFN2O2S. The van der Waals surface area contributed by atoms with E-state index in [1.54, 1.807) is 0 Å². The first-order valence-electron chi connectivity index (χ1n) is 6.25. The van der Waals surface area contributed by atoms with Gasteiger partial charge in [-0.15, -0.1) is 0 Å². The molecule has 1 saturated carbocycles. The molecule has 20 heavy (non-hydrogen) atoms. The number of hydrogen-bond acceptors (Lipinski definition) is 3. The van der Waals surface area contributed by atoms with Crippen molar-refractivity contribution in [1.82, 2.24) is 4.31 Å². The third-order valence-corrected chi connectivity index (χ3v) is 6.47. The van der Waals surface area contributed by atoms with Gasteiger partial charge in [0.05, 0.1) is 15.2 Å². The highest BCUT2D eigenvalue weighted by Crippen LogP contribution is 2.38. The van der Waals surface area contributed by atoms with E-state index in [4.69, 9.17) is 17.3 Å². The van der Waals surface area contributed by atoms with Gasteiger partial charge in [-0.05, 0) is 41.3 Å². The van der Waals surface area contributed by atoms with Crippen LogP contribution in [0.15, 0.2) is 15.4 Å². The predicted octanol–water partition coefficient (Wildman–Crippen LogP) is 3.39. The van der Waals surface area contributed by atoms with Crippen LogP contribution < -0.4 is 5.73 Å². The summed E-state index contributed by atoms with van der Waals surface area (Å²) in [6, 6.07) is 1.07. The molecule has 1 aliphatic rings. The summed E-state index contributed by atoms with van der Waals surface area (Å²) in [4.78, 5) is -0.455. The van der Waals surface area contributed by atoms with Crippen molar-refractivity contribution in [2.24, 2.45) is 0 Å². The van der Waals surface area contributed by atoms with E-state index in [0.717, 1.165) is 18.9 Å². The monoisotopic (exact) mass is 384 g/mol. The smallest absolute Gasteiger partial charge is 0.246 e. The van der Waals surface area contributed by atoms with Crippen LogP contribution in [0, 0.1) is 5.82 Å². The summed E-state index contributed by atoms with van der Waals surface area (Å²) in [5.74, 6) is -0.956. The van der Waals surface area contributed by atoms with E-state index in [9.17, 15) is 12.8 Å². The Bertz CT molecular complexity index is 635. The minimum atomic E-state index is -3.92. The van der Waals surface area contributed by atoms with E-state index in [2.05, 4.69) is 15.9 Å². The van der Waals surface area contributed by atoms with Crippen LogP contribution in [0.1, 0.15) is 26.2 Å². The number of nitrogen functional groups attached to an aromatic ring is 1. The third kappa shape index (κ3) is 2.81. The van der Waals surface area contributed by atoms with Gasteiger partial charge in [0.15, 0.2) is 5.82 Å². The van der Waals surface area contributed by atoms with Crippen molar-refractivity contribution in [2.75, 3.05) is 12.3 Å². The van der Waals surface area contributed by atoms with Crippen LogP contribution >= 0.6 is 27.5 Å². The second kappa shape index (κ2) is 5.79. The van der Waals surface area contributed by atoms with Crippen molar-refractivity contribution in [3.63, 3.8) is 0 Å². The topological polar surface area (TPSA) is 63.4 Å². The van der Waals surface area contributed by atoms with Gasteiger partial charge in [-0.2, -0.15) is 4.31 Å². The molecule has 0 spiro atoms. The molecule has 1 aromatic rings. The molecule has 0 aromatic heterocycles. The van der Waals surface area contributed by atoms with Crippen LogP contribution in [0.5, 0.6) is 0 Å². The summed E-state index contributed by atoms with van der Waals surface area (Å²) >= 11 is 8.93. The summed E-state index contributed by atoms with van der Waals surface area (Å²) in [6.45, 7) is 2.24. The highest BCUT2D eigenvalue weighted by molar-refractivity contribution is 9.10. The summed E-state index contributed by atoms with van der Waals surface area (Å²) in [7, 11) is -3.92. The molecule has 1 fully saturated rings. The molecule has 4 nitrogen and oxygen atoms in total. The molecule has 0 heterocycles. The van der Waals surface area contributed by atoms with Gasteiger partial charge in [0, 0.05) is 12.6 Å². The first-order chi connectivity index (χ1) is 9.30. The van der Waals surface area contributed by atoms with Gasteiger partial charge in [-0.3, -0.25) is 0 Å². The Morgan fingerprint density at radius 1 is 1.55 bits per heavy atom. The fourth-order valence-electron chi connectivity index (χ4n) is 2.00. The fourth-order valence-corrected chi connectivity index (χ4v) is 4.44. The van der Waals surface area contributed by atoms with Crippen LogP contribution in [0.3, 0.4) is 0 Å².